The number of halogens is 3. The molecule has 86 valence electrons. The number of aliphatic imine (C=N–C) groups is 1. The Kier molecular flexibility index (Phi) is 3.60. The van der Waals surface area contributed by atoms with Crippen LogP contribution in [-0.2, 0) is 6.18 Å². The van der Waals surface area contributed by atoms with Gasteiger partial charge in [-0.2, -0.15) is 13.2 Å². The van der Waals surface area contributed by atoms with Crippen molar-refractivity contribution in [2.75, 3.05) is 7.05 Å². The third kappa shape index (κ3) is 2.78. The molecular weight excluding hydrogens is 221 g/mol. The molecule has 0 spiro atoms. The van der Waals surface area contributed by atoms with Crippen molar-refractivity contribution in [1.29, 1.82) is 0 Å². The third-order valence-corrected chi connectivity index (χ3v) is 1.61. The Labute approximate surface area is 89.6 Å². The predicted octanol–water partition coefficient (Wildman–Crippen LogP) is 1.98. The Morgan fingerprint density at radius 2 is 2.19 bits per heavy atom. The second kappa shape index (κ2) is 4.73. The van der Waals surface area contributed by atoms with Crippen molar-refractivity contribution >= 4 is 5.71 Å². The molecule has 1 aromatic rings. The zero-order valence-corrected chi connectivity index (χ0v) is 8.41. The zero-order chi connectivity index (χ0) is 12.2. The minimum absolute atomic E-state index is 0.0343. The Balaban J connectivity index is 3.01. The van der Waals surface area contributed by atoms with Crippen molar-refractivity contribution < 1.29 is 13.2 Å². The summed E-state index contributed by atoms with van der Waals surface area (Å²) in [5.41, 5.74) is 0.267. The number of alkyl halides is 3. The molecule has 0 aliphatic carbocycles. The maximum atomic E-state index is 12.2. The monoisotopic (exact) mass is 230 g/mol. The van der Waals surface area contributed by atoms with Gasteiger partial charge in [0.1, 0.15) is 5.71 Å². The highest BCUT2D eigenvalue weighted by atomic mass is 19.4. The average Bonchev–Trinajstić information content (AvgIpc) is 2.68. The van der Waals surface area contributed by atoms with Crippen LogP contribution in [0.15, 0.2) is 29.8 Å². The fourth-order valence-corrected chi connectivity index (χ4v) is 0.922. The summed E-state index contributed by atoms with van der Waals surface area (Å²) in [6.07, 6.45) is -0.0618. The molecule has 0 unspecified atom stereocenters. The summed E-state index contributed by atoms with van der Waals surface area (Å²) in [4.78, 5) is 7.07. The Bertz CT molecular complexity index is 428. The van der Waals surface area contributed by atoms with Crippen LogP contribution in [0.2, 0.25) is 0 Å². The van der Waals surface area contributed by atoms with E-state index in [1.165, 1.54) is 25.3 Å². The van der Waals surface area contributed by atoms with Gasteiger partial charge in [0, 0.05) is 7.05 Å². The van der Waals surface area contributed by atoms with Crippen LogP contribution in [-0.4, -0.2) is 27.9 Å². The minimum Gasteiger partial charge on any atom is -0.285 e. The van der Waals surface area contributed by atoms with Crippen molar-refractivity contribution in [3.05, 3.63) is 36.5 Å². The lowest BCUT2D eigenvalue weighted by Crippen LogP contribution is -2.08. The number of allylic oxidation sites excluding steroid dienone is 3. The minimum atomic E-state index is -4.56. The fraction of sp³-hybridized carbons (Fsp3) is 0.222. The normalized spacial score (nSPS) is 13.4. The van der Waals surface area contributed by atoms with Crippen LogP contribution in [0, 0.1) is 0 Å². The largest absolute Gasteiger partial charge is 0.453 e. The summed E-state index contributed by atoms with van der Waals surface area (Å²) >= 11 is 0. The molecule has 0 bridgehead atoms. The van der Waals surface area contributed by atoms with E-state index < -0.39 is 12.0 Å². The molecule has 16 heavy (non-hydrogen) atoms. The molecule has 0 aliphatic rings. The Hall–Kier alpha value is -1.92. The molecule has 0 aliphatic heterocycles. The van der Waals surface area contributed by atoms with Crippen LogP contribution in [0.5, 0.6) is 0 Å². The molecular formula is C9H9F3N4. The highest BCUT2D eigenvalue weighted by Crippen LogP contribution is 2.25. The number of H-pyrrole nitrogens is 1. The van der Waals surface area contributed by atoms with Gasteiger partial charge in [0.25, 0.3) is 5.82 Å². The number of aromatic amines is 1. The van der Waals surface area contributed by atoms with Crippen molar-refractivity contribution in [2.45, 2.75) is 6.18 Å². The molecule has 0 saturated carbocycles. The molecule has 0 fully saturated rings. The molecule has 1 N–H and O–H groups in total. The van der Waals surface area contributed by atoms with Gasteiger partial charge >= 0.3 is 6.18 Å². The van der Waals surface area contributed by atoms with Gasteiger partial charge in [-0.15, -0.1) is 5.10 Å². The lowest BCUT2D eigenvalue weighted by Gasteiger charge is -1.97. The Morgan fingerprint density at radius 1 is 1.50 bits per heavy atom. The van der Waals surface area contributed by atoms with E-state index in [0.717, 1.165) is 0 Å². The molecule has 7 heteroatoms. The molecule has 1 rings (SSSR count). The van der Waals surface area contributed by atoms with Gasteiger partial charge in [-0.3, -0.25) is 10.1 Å². The SMILES string of the molecule is C=C/C=C\C(=N/C)c1nc(C(F)(F)F)n[nH]1. The van der Waals surface area contributed by atoms with E-state index in [9.17, 15) is 13.2 Å². The molecule has 4 nitrogen and oxygen atoms in total. The molecule has 0 saturated heterocycles. The van der Waals surface area contributed by atoms with E-state index >= 15 is 0 Å². The highest BCUT2D eigenvalue weighted by molar-refractivity contribution is 6.06. The van der Waals surface area contributed by atoms with Gasteiger partial charge < -0.3 is 0 Å². The number of nitrogens with zero attached hydrogens (tertiary/aromatic N) is 3. The van der Waals surface area contributed by atoms with Gasteiger partial charge in [0.2, 0.25) is 0 Å². The number of nitrogens with one attached hydrogen (secondary N) is 1. The van der Waals surface area contributed by atoms with Crippen LogP contribution in [0.1, 0.15) is 11.6 Å². The number of rotatable bonds is 3. The van der Waals surface area contributed by atoms with E-state index in [0.29, 0.717) is 0 Å². The standard InChI is InChI=1S/C9H9F3N4/c1-3-4-5-6(13-2)7-14-8(16-15-7)9(10,11)12/h3-5H,1H2,2H3,(H,14,15,16)/b5-4-,13-6+. The number of hydrogen-bond donors (Lipinski definition) is 1. The predicted molar refractivity (Wildman–Crippen MR) is 53.2 cm³/mol. The lowest BCUT2D eigenvalue weighted by atomic mass is 10.3. The molecule has 0 radical (unpaired) electrons. The van der Waals surface area contributed by atoms with Crippen LogP contribution >= 0.6 is 0 Å². The van der Waals surface area contributed by atoms with Crippen molar-refractivity contribution in [3.8, 4) is 0 Å². The number of hydrogen-bond acceptors (Lipinski definition) is 3. The van der Waals surface area contributed by atoms with E-state index in [2.05, 4.69) is 26.8 Å². The highest BCUT2D eigenvalue weighted by Gasteiger charge is 2.36. The summed E-state index contributed by atoms with van der Waals surface area (Å²) in [7, 11) is 1.44. The van der Waals surface area contributed by atoms with E-state index in [4.69, 9.17) is 0 Å². The smallest absolute Gasteiger partial charge is 0.285 e. The first-order valence-corrected chi connectivity index (χ1v) is 4.25. The van der Waals surface area contributed by atoms with Gasteiger partial charge in [-0.25, -0.2) is 4.98 Å². The summed E-state index contributed by atoms with van der Waals surface area (Å²) in [5, 5.41) is 5.24. The summed E-state index contributed by atoms with van der Waals surface area (Å²) in [6.45, 7) is 3.44. The first-order chi connectivity index (χ1) is 7.49. The summed E-state index contributed by atoms with van der Waals surface area (Å²) < 4.78 is 36.6. The van der Waals surface area contributed by atoms with Crippen molar-refractivity contribution in [2.24, 2.45) is 4.99 Å². The molecule has 0 amide bonds. The maximum Gasteiger partial charge on any atom is 0.453 e. The first-order valence-electron chi connectivity index (χ1n) is 4.25. The lowest BCUT2D eigenvalue weighted by molar-refractivity contribution is -0.144. The average molecular weight is 230 g/mol. The number of aromatic nitrogens is 3. The van der Waals surface area contributed by atoms with Gasteiger partial charge in [-0.1, -0.05) is 18.7 Å². The van der Waals surface area contributed by atoms with Gasteiger partial charge in [0.05, 0.1) is 0 Å². The van der Waals surface area contributed by atoms with Gasteiger partial charge in [-0.05, 0) is 6.08 Å². The second-order valence-corrected chi connectivity index (χ2v) is 2.71. The molecule has 1 heterocycles. The van der Waals surface area contributed by atoms with E-state index in [-0.39, 0.29) is 11.5 Å². The van der Waals surface area contributed by atoms with E-state index in [1.54, 1.807) is 0 Å². The van der Waals surface area contributed by atoms with Crippen molar-refractivity contribution in [1.82, 2.24) is 15.2 Å². The van der Waals surface area contributed by atoms with Crippen LogP contribution in [0.3, 0.4) is 0 Å². The van der Waals surface area contributed by atoms with E-state index in [1.807, 2.05) is 0 Å². The molecule has 1 aromatic heterocycles. The van der Waals surface area contributed by atoms with Crippen LogP contribution in [0.25, 0.3) is 0 Å². The van der Waals surface area contributed by atoms with Gasteiger partial charge in [0.15, 0.2) is 5.82 Å². The first kappa shape index (κ1) is 12.2. The fourth-order valence-electron chi connectivity index (χ4n) is 0.922. The Morgan fingerprint density at radius 3 is 2.62 bits per heavy atom. The summed E-state index contributed by atoms with van der Waals surface area (Å²) in [6, 6.07) is 0. The molecule has 0 atom stereocenters. The van der Waals surface area contributed by atoms with Crippen molar-refractivity contribution in [3.63, 3.8) is 0 Å². The maximum absolute atomic E-state index is 12.2. The quantitative estimate of drug-likeness (QED) is 0.637. The van der Waals surface area contributed by atoms with Crippen LogP contribution in [0.4, 0.5) is 13.2 Å². The second-order valence-electron chi connectivity index (χ2n) is 2.71. The third-order valence-electron chi connectivity index (χ3n) is 1.61. The zero-order valence-electron chi connectivity index (χ0n) is 8.41. The molecule has 0 aromatic carbocycles. The topological polar surface area (TPSA) is 53.9 Å². The van der Waals surface area contributed by atoms with Crippen LogP contribution < -0.4 is 0 Å². The summed E-state index contributed by atoms with van der Waals surface area (Å²) in [5.74, 6) is -1.25.